The summed E-state index contributed by atoms with van der Waals surface area (Å²) in [6.45, 7) is 0.568. The van der Waals surface area contributed by atoms with E-state index in [1.54, 1.807) is 12.1 Å². The second kappa shape index (κ2) is 17.1. The minimum absolute atomic E-state index is 0.0632. The van der Waals surface area contributed by atoms with E-state index >= 15 is 0 Å². The van der Waals surface area contributed by atoms with Crippen LogP contribution in [0, 0.1) is 0 Å². The van der Waals surface area contributed by atoms with Crippen LogP contribution in [0.25, 0.3) is 0 Å². The number of carbonyl (C=O) groups excluding carboxylic acids is 3. The Morgan fingerprint density at radius 1 is 0.837 bits per heavy atom. The SMILES string of the molecule is COP(=O)(OCCOC(=O)N(C)CCN(C)C(=O)OCCS(=O)(=O)c1ccc(Cl)cc1)Oc1ccc(COC(C)=O)cc1. The minimum Gasteiger partial charge on any atom is -0.461 e. The molecule has 0 aliphatic rings. The molecule has 0 saturated heterocycles. The first-order valence-electron chi connectivity index (χ1n) is 12.7. The summed E-state index contributed by atoms with van der Waals surface area (Å²) in [6, 6.07) is 11.9. The highest BCUT2D eigenvalue weighted by Crippen LogP contribution is 2.48. The second-order valence-electron chi connectivity index (χ2n) is 8.82. The molecule has 238 valence electrons. The lowest BCUT2D eigenvalue weighted by Gasteiger charge is -2.22. The van der Waals surface area contributed by atoms with Gasteiger partial charge in [-0.2, -0.15) is 0 Å². The number of nitrogens with zero attached hydrogens (tertiary/aromatic N) is 2. The number of likely N-dealkylation sites (N-methyl/N-ethyl adjacent to an activating group) is 2. The molecule has 0 N–H and O–H groups in total. The van der Waals surface area contributed by atoms with Gasteiger partial charge in [-0.15, -0.1) is 0 Å². The average molecular weight is 665 g/mol. The maximum Gasteiger partial charge on any atom is 0.529 e. The molecule has 0 bridgehead atoms. The van der Waals surface area contributed by atoms with Crippen molar-refractivity contribution in [3.05, 3.63) is 59.1 Å². The number of hydrogen-bond acceptors (Lipinski definition) is 12. The Kier molecular flexibility index (Phi) is 14.2. The van der Waals surface area contributed by atoms with Crippen LogP contribution in [0.15, 0.2) is 53.4 Å². The second-order valence-corrected chi connectivity index (χ2v) is 13.1. The molecule has 2 aromatic carbocycles. The van der Waals surface area contributed by atoms with Crippen LogP contribution < -0.4 is 4.52 Å². The van der Waals surface area contributed by atoms with Crippen molar-refractivity contribution >= 4 is 47.4 Å². The lowest BCUT2D eigenvalue weighted by molar-refractivity contribution is -0.142. The average Bonchev–Trinajstić information content (AvgIpc) is 2.97. The van der Waals surface area contributed by atoms with E-state index in [1.807, 2.05) is 0 Å². The maximum absolute atomic E-state index is 12.7. The third-order valence-electron chi connectivity index (χ3n) is 5.51. The number of ether oxygens (including phenoxy) is 3. The van der Waals surface area contributed by atoms with Crippen LogP contribution in [0.1, 0.15) is 12.5 Å². The zero-order valence-corrected chi connectivity index (χ0v) is 26.6. The van der Waals surface area contributed by atoms with Crippen molar-refractivity contribution in [1.82, 2.24) is 9.80 Å². The van der Waals surface area contributed by atoms with Gasteiger partial charge < -0.3 is 28.5 Å². The van der Waals surface area contributed by atoms with Crippen molar-refractivity contribution in [3.8, 4) is 5.75 Å². The summed E-state index contributed by atoms with van der Waals surface area (Å²) in [5, 5.41) is 0.398. The van der Waals surface area contributed by atoms with Gasteiger partial charge in [0.15, 0.2) is 9.84 Å². The van der Waals surface area contributed by atoms with Crippen LogP contribution in [-0.4, -0.2) is 96.2 Å². The van der Waals surface area contributed by atoms with Crippen LogP contribution in [0.5, 0.6) is 5.75 Å². The molecule has 2 amide bonds. The molecule has 2 rings (SSSR count). The highest BCUT2D eigenvalue weighted by molar-refractivity contribution is 7.91. The lowest BCUT2D eigenvalue weighted by Crippen LogP contribution is -2.38. The molecule has 0 radical (unpaired) electrons. The molecule has 1 unspecified atom stereocenters. The first-order valence-corrected chi connectivity index (χ1v) is 16.2. The zero-order chi connectivity index (χ0) is 32.0. The van der Waals surface area contributed by atoms with E-state index in [0.29, 0.717) is 10.6 Å². The summed E-state index contributed by atoms with van der Waals surface area (Å²) >= 11 is 5.77. The molecule has 0 aliphatic heterocycles. The van der Waals surface area contributed by atoms with E-state index in [0.717, 1.165) is 7.11 Å². The van der Waals surface area contributed by atoms with Crippen molar-refractivity contribution in [1.29, 1.82) is 0 Å². The van der Waals surface area contributed by atoms with Crippen molar-refractivity contribution in [2.45, 2.75) is 18.4 Å². The highest BCUT2D eigenvalue weighted by atomic mass is 35.5. The zero-order valence-electron chi connectivity index (χ0n) is 24.1. The predicted molar refractivity (Wildman–Crippen MR) is 155 cm³/mol. The van der Waals surface area contributed by atoms with Crippen molar-refractivity contribution in [2.24, 2.45) is 0 Å². The molecule has 0 heterocycles. The molecule has 0 spiro atoms. The van der Waals surface area contributed by atoms with Crippen LogP contribution in [-0.2, 0) is 49.1 Å². The van der Waals surface area contributed by atoms with Gasteiger partial charge in [0, 0.05) is 46.2 Å². The third kappa shape index (κ3) is 12.8. The Morgan fingerprint density at radius 2 is 1.40 bits per heavy atom. The molecule has 0 aromatic heterocycles. The van der Waals surface area contributed by atoms with E-state index in [2.05, 4.69) is 0 Å². The number of halogens is 1. The van der Waals surface area contributed by atoms with E-state index in [4.69, 9.17) is 39.4 Å². The van der Waals surface area contributed by atoms with Crippen LogP contribution >= 0.6 is 19.4 Å². The third-order valence-corrected chi connectivity index (χ3v) is 8.84. The summed E-state index contributed by atoms with van der Waals surface area (Å²) in [4.78, 5) is 37.8. The molecule has 17 heteroatoms. The molecular weight excluding hydrogens is 631 g/mol. The number of benzene rings is 2. The summed E-state index contributed by atoms with van der Waals surface area (Å²) in [7, 11) is -3.68. The first-order chi connectivity index (χ1) is 20.2. The Bertz CT molecular complexity index is 1370. The first kappa shape index (κ1) is 35.8. The van der Waals surface area contributed by atoms with Gasteiger partial charge in [-0.25, -0.2) is 22.6 Å². The number of sulfone groups is 1. The molecule has 14 nitrogen and oxygen atoms in total. The monoisotopic (exact) mass is 664 g/mol. The molecule has 0 saturated carbocycles. The topological polar surface area (TPSA) is 164 Å². The van der Waals surface area contributed by atoms with Crippen molar-refractivity contribution in [3.63, 3.8) is 0 Å². The number of phosphoric acid groups is 1. The van der Waals surface area contributed by atoms with E-state index in [-0.39, 0.29) is 50.2 Å². The van der Waals surface area contributed by atoms with Gasteiger partial charge in [-0.05, 0) is 42.0 Å². The predicted octanol–water partition coefficient (Wildman–Crippen LogP) is 4.16. The van der Waals surface area contributed by atoms with Gasteiger partial charge in [0.1, 0.15) is 25.6 Å². The fourth-order valence-corrected chi connectivity index (χ4v) is 5.18. The molecule has 1 atom stereocenters. The van der Waals surface area contributed by atoms with Crippen LogP contribution in [0.3, 0.4) is 0 Å². The van der Waals surface area contributed by atoms with E-state index in [9.17, 15) is 27.4 Å². The molecule has 43 heavy (non-hydrogen) atoms. The Balaban J connectivity index is 1.68. The fraction of sp³-hybridized carbons (Fsp3) is 0.423. The Hall–Kier alpha value is -3.36. The quantitative estimate of drug-likeness (QED) is 0.109. The normalized spacial score (nSPS) is 12.5. The van der Waals surface area contributed by atoms with Gasteiger partial charge >= 0.3 is 26.0 Å². The largest absolute Gasteiger partial charge is 0.529 e. The summed E-state index contributed by atoms with van der Waals surface area (Å²) in [5.74, 6) is -0.650. The number of esters is 1. The van der Waals surface area contributed by atoms with Crippen molar-refractivity contribution in [2.75, 3.05) is 59.9 Å². The highest BCUT2D eigenvalue weighted by Gasteiger charge is 2.27. The Labute approximate surface area is 255 Å². The van der Waals surface area contributed by atoms with E-state index < -0.39 is 41.6 Å². The van der Waals surface area contributed by atoms with Gasteiger partial charge in [0.05, 0.1) is 17.3 Å². The smallest absolute Gasteiger partial charge is 0.461 e. The summed E-state index contributed by atoms with van der Waals surface area (Å²) in [5.41, 5.74) is 0.690. The van der Waals surface area contributed by atoms with Crippen LogP contribution in [0.2, 0.25) is 5.02 Å². The molecular formula is C26H34ClN2O12PS. The minimum atomic E-state index is -4.02. The number of rotatable bonds is 16. The van der Waals surface area contributed by atoms with Gasteiger partial charge in [0.25, 0.3) is 0 Å². The number of carbonyl (C=O) groups is 3. The Morgan fingerprint density at radius 3 is 1.93 bits per heavy atom. The standard InChI is InChI=1S/C26H34ClN2O12PS/c1-20(30)39-19-21-5-9-23(10-6-21)41-42(33,36-4)40-16-15-37-25(31)28(2)13-14-29(3)26(32)38-17-18-43(34,35)24-11-7-22(27)8-12-24/h5-12H,13-19H2,1-4H3. The lowest BCUT2D eigenvalue weighted by atomic mass is 10.2. The number of amides is 2. The van der Waals surface area contributed by atoms with Gasteiger partial charge in [0.2, 0.25) is 0 Å². The van der Waals surface area contributed by atoms with E-state index in [1.165, 1.54) is 67.2 Å². The van der Waals surface area contributed by atoms with Gasteiger partial charge in [-0.3, -0.25) is 13.8 Å². The summed E-state index contributed by atoms with van der Waals surface area (Å²) < 4.78 is 67.7. The molecule has 0 aliphatic carbocycles. The molecule has 2 aromatic rings. The van der Waals surface area contributed by atoms with Gasteiger partial charge in [-0.1, -0.05) is 23.7 Å². The van der Waals surface area contributed by atoms with Crippen molar-refractivity contribution < 1.29 is 55.1 Å². The maximum atomic E-state index is 12.7. The summed E-state index contributed by atoms with van der Waals surface area (Å²) in [6.07, 6.45) is -1.51. The number of phosphoric ester groups is 1. The number of hydrogen-bond donors (Lipinski definition) is 0. The molecule has 0 fully saturated rings. The fourth-order valence-electron chi connectivity index (χ4n) is 3.06. The van der Waals surface area contributed by atoms with Crippen LogP contribution in [0.4, 0.5) is 9.59 Å².